The normalized spacial score (nSPS) is 0. The molecule has 2 N–H and O–H groups in total. The van der Waals surface area contributed by atoms with Crippen molar-refractivity contribution in [1.29, 1.82) is 0 Å². The van der Waals surface area contributed by atoms with Crippen LogP contribution in [-0.2, 0) is 0 Å². The van der Waals surface area contributed by atoms with E-state index in [1.165, 1.54) is 0 Å². The van der Waals surface area contributed by atoms with Gasteiger partial charge in [0.15, 0.2) is 0 Å². The molecule has 24 valence electrons. The zero-order chi connectivity index (χ0) is 0. The molecule has 4 heavy (non-hydrogen) atoms. The average Bonchev–Trinajstić information content (AvgIpc) is 0. The van der Waals surface area contributed by atoms with E-state index in [4.69, 9.17) is 0 Å². The SMILES string of the molecule is C.[Mg+2].[OH-].[OH-]. The summed E-state index contributed by atoms with van der Waals surface area (Å²) >= 11 is 0. The molecule has 0 radical (unpaired) electrons. The first kappa shape index (κ1) is 135. The molecule has 0 fully saturated rings. The summed E-state index contributed by atoms with van der Waals surface area (Å²) in [6, 6.07) is 0. The fourth-order valence-electron chi connectivity index (χ4n) is 0. The Labute approximate surface area is 42.0 Å². The Morgan fingerprint density at radius 1 is 0.750 bits per heavy atom. The van der Waals surface area contributed by atoms with Crippen molar-refractivity contribution in [3.63, 3.8) is 0 Å². The fourth-order valence-corrected chi connectivity index (χ4v) is 0. The first-order valence-electron chi connectivity index (χ1n) is 0. The van der Waals surface area contributed by atoms with Crippen LogP contribution in [0.25, 0.3) is 0 Å². The molecule has 0 saturated carbocycles. The van der Waals surface area contributed by atoms with Crippen LogP contribution in [0, 0.1) is 0 Å². The second kappa shape index (κ2) is 56.5. The molecule has 0 heterocycles. The molecule has 0 aliphatic carbocycles. The Balaban J connectivity index is 0. The Morgan fingerprint density at radius 2 is 0.750 bits per heavy atom. The molecule has 0 bridgehead atoms. The molecule has 0 atom stereocenters. The zero-order valence-electron chi connectivity index (χ0n) is 1.60. The summed E-state index contributed by atoms with van der Waals surface area (Å²) in [5.41, 5.74) is 0. The Morgan fingerprint density at radius 3 is 0.750 bits per heavy atom. The maximum atomic E-state index is 0. The summed E-state index contributed by atoms with van der Waals surface area (Å²) in [5, 5.41) is 0. The third kappa shape index (κ3) is 16.2. The van der Waals surface area contributed by atoms with Gasteiger partial charge in [-0.15, -0.1) is 0 Å². The summed E-state index contributed by atoms with van der Waals surface area (Å²) < 4.78 is 0. The van der Waals surface area contributed by atoms with Crippen LogP contribution in [0.5, 0.6) is 0 Å². The molecule has 0 unspecified atom stereocenters. The molecule has 0 spiro atoms. The van der Waals surface area contributed by atoms with Gasteiger partial charge in [-0.25, -0.2) is 0 Å². The van der Waals surface area contributed by atoms with Crippen LogP contribution in [0.3, 0.4) is 0 Å². The molecule has 0 aromatic carbocycles. The first-order chi connectivity index (χ1) is 0. The monoisotopic (exact) mass is 74.0 g/mol. The van der Waals surface area contributed by atoms with Crippen LogP contribution in [0.15, 0.2) is 0 Å². The number of hydrogen-bond acceptors (Lipinski definition) is 2. The minimum atomic E-state index is 0. The zero-order valence-corrected chi connectivity index (χ0v) is 3.02. The Hall–Kier alpha value is 0.686. The van der Waals surface area contributed by atoms with E-state index in [2.05, 4.69) is 0 Å². The Kier molecular flexibility index (Phi) is 1910. The topological polar surface area (TPSA) is 60.0 Å². The summed E-state index contributed by atoms with van der Waals surface area (Å²) in [4.78, 5) is 0. The Bertz CT molecular complexity index is 6.00. The van der Waals surface area contributed by atoms with Gasteiger partial charge in [0.2, 0.25) is 0 Å². The minimum Gasteiger partial charge on any atom is -0.870 e. The molecular weight excluding hydrogens is 68.3 g/mol. The van der Waals surface area contributed by atoms with Crippen molar-refractivity contribution < 1.29 is 11.0 Å². The largest absolute Gasteiger partial charge is 2.00 e. The van der Waals surface area contributed by atoms with Crippen LogP contribution in [0.1, 0.15) is 7.43 Å². The van der Waals surface area contributed by atoms with E-state index in [1.807, 2.05) is 0 Å². The van der Waals surface area contributed by atoms with E-state index in [0.717, 1.165) is 0 Å². The molecule has 0 rings (SSSR count). The van der Waals surface area contributed by atoms with Crippen molar-refractivity contribution in [2.45, 2.75) is 7.43 Å². The van der Waals surface area contributed by atoms with Gasteiger partial charge in [-0.2, -0.15) is 0 Å². The third-order valence-corrected chi connectivity index (χ3v) is 0. The quantitative estimate of drug-likeness (QED) is 0.377. The minimum absolute atomic E-state index is 0. The van der Waals surface area contributed by atoms with E-state index in [-0.39, 0.29) is 41.4 Å². The molecular formula is CH6MgO2. The second-order valence-electron chi connectivity index (χ2n) is 0. The van der Waals surface area contributed by atoms with Gasteiger partial charge in [0.05, 0.1) is 0 Å². The van der Waals surface area contributed by atoms with Crippen molar-refractivity contribution in [1.82, 2.24) is 0 Å². The summed E-state index contributed by atoms with van der Waals surface area (Å²) in [6.45, 7) is 0. The van der Waals surface area contributed by atoms with E-state index in [1.54, 1.807) is 0 Å². The van der Waals surface area contributed by atoms with Crippen molar-refractivity contribution in [2.24, 2.45) is 0 Å². The van der Waals surface area contributed by atoms with E-state index in [9.17, 15) is 0 Å². The van der Waals surface area contributed by atoms with Gasteiger partial charge in [0.25, 0.3) is 0 Å². The van der Waals surface area contributed by atoms with E-state index in [0.29, 0.717) is 0 Å². The van der Waals surface area contributed by atoms with Gasteiger partial charge >= 0.3 is 23.1 Å². The van der Waals surface area contributed by atoms with Gasteiger partial charge in [0.1, 0.15) is 0 Å². The van der Waals surface area contributed by atoms with Gasteiger partial charge in [-0.05, 0) is 0 Å². The van der Waals surface area contributed by atoms with Crippen LogP contribution in [-0.4, -0.2) is 34.0 Å². The maximum absolute atomic E-state index is 0. The van der Waals surface area contributed by atoms with E-state index < -0.39 is 0 Å². The van der Waals surface area contributed by atoms with Gasteiger partial charge in [-0.3, -0.25) is 0 Å². The summed E-state index contributed by atoms with van der Waals surface area (Å²) in [7, 11) is 0. The van der Waals surface area contributed by atoms with Gasteiger partial charge in [-0.1, -0.05) is 7.43 Å². The molecule has 2 nitrogen and oxygen atoms in total. The molecule has 0 aliphatic rings. The maximum Gasteiger partial charge on any atom is 2.00 e. The molecule has 0 saturated heterocycles. The fraction of sp³-hybridized carbons (Fsp3) is 1.00. The molecule has 3 heteroatoms. The van der Waals surface area contributed by atoms with Crippen molar-refractivity contribution >= 4 is 23.1 Å². The van der Waals surface area contributed by atoms with Crippen molar-refractivity contribution in [3.05, 3.63) is 0 Å². The van der Waals surface area contributed by atoms with Gasteiger partial charge in [0, 0.05) is 0 Å². The predicted octanol–water partition coefficient (Wildman–Crippen LogP) is -0.0983. The van der Waals surface area contributed by atoms with Crippen LogP contribution in [0.4, 0.5) is 0 Å². The third-order valence-electron chi connectivity index (χ3n) is 0. The standard InChI is InChI=1S/CH4.Mg.2H2O/h1H4;;2*1H2/q;+2;;/p-2. The summed E-state index contributed by atoms with van der Waals surface area (Å²) in [5.74, 6) is 0. The van der Waals surface area contributed by atoms with Crippen LogP contribution >= 0.6 is 0 Å². The molecule has 0 aliphatic heterocycles. The average molecular weight is 74.4 g/mol. The van der Waals surface area contributed by atoms with E-state index >= 15 is 0 Å². The molecule has 0 aromatic rings. The van der Waals surface area contributed by atoms with Crippen LogP contribution < -0.4 is 0 Å². The van der Waals surface area contributed by atoms with Crippen molar-refractivity contribution in [2.75, 3.05) is 0 Å². The molecule has 0 amide bonds. The smallest absolute Gasteiger partial charge is 0.870 e. The molecule has 0 aromatic heterocycles. The summed E-state index contributed by atoms with van der Waals surface area (Å²) in [6.07, 6.45) is 0. The predicted molar refractivity (Wildman–Crippen MR) is 16.4 cm³/mol. The van der Waals surface area contributed by atoms with Crippen molar-refractivity contribution in [3.8, 4) is 0 Å². The second-order valence-corrected chi connectivity index (χ2v) is 0. The number of rotatable bonds is 0. The van der Waals surface area contributed by atoms with Crippen LogP contribution in [0.2, 0.25) is 0 Å². The first-order valence-corrected chi connectivity index (χ1v) is 0. The number of hydrogen-bond donors (Lipinski definition) is 0. The van der Waals surface area contributed by atoms with Gasteiger partial charge < -0.3 is 11.0 Å².